The first-order chi connectivity index (χ1) is 11.3. The van der Waals surface area contributed by atoms with Gasteiger partial charge in [0.15, 0.2) is 0 Å². The molecule has 1 heterocycles. The molecule has 0 aliphatic heterocycles. The summed E-state index contributed by atoms with van der Waals surface area (Å²) in [6.45, 7) is 6.72. The van der Waals surface area contributed by atoms with Gasteiger partial charge in [0, 0.05) is 17.8 Å². The number of nitrogens with one attached hydrogen (secondary N) is 1. The van der Waals surface area contributed by atoms with Gasteiger partial charge in [-0.15, -0.1) is 0 Å². The van der Waals surface area contributed by atoms with Crippen molar-refractivity contribution in [3.05, 3.63) is 17.0 Å². The summed E-state index contributed by atoms with van der Waals surface area (Å²) in [4.78, 5) is 23.3. The second kappa shape index (κ2) is 7.45. The predicted octanol–water partition coefficient (Wildman–Crippen LogP) is 2.78. The summed E-state index contributed by atoms with van der Waals surface area (Å²) in [5.74, 6) is -2.02. The fourth-order valence-corrected chi connectivity index (χ4v) is 2.55. The molecule has 0 saturated heterocycles. The van der Waals surface area contributed by atoms with Crippen LogP contribution < -0.4 is 5.32 Å². The maximum absolute atomic E-state index is 12.6. The second-order valence-corrected chi connectivity index (χ2v) is 6.81. The van der Waals surface area contributed by atoms with E-state index in [-0.39, 0.29) is 18.9 Å². The van der Waals surface area contributed by atoms with Crippen LogP contribution in [0.25, 0.3) is 0 Å². The first kappa shape index (κ1) is 21.0. The van der Waals surface area contributed by atoms with Crippen LogP contribution in [0.2, 0.25) is 0 Å². The monoisotopic (exact) mass is 363 g/mol. The van der Waals surface area contributed by atoms with Gasteiger partial charge in [-0.25, -0.2) is 0 Å². The average molecular weight is 363 g/mol. The lowest BCUT2D eigenvalue weighted by Gasteiger charge is -2.20. The molecule has 1 rings (SSSR count). The average Bonchev–Trinajstić information content (AvgIpc) is 2.70. The highest BCUT2D eigenvalue weighted by molar-refractivity contribution is 5.83. The van der Waals surface area contributed by atoms with Gasteiger partial charge in [-0.2, -0.15) is 18.3 Å². The van der Waals surface area contributed by atoms with Crippen LogP contribution in [0.3, 0.4) is 0 Å². The standard InChI is InChI=1S/C16H24F3N3O3/c1-9(13(23)20-7-6-15(4,5)14(24)25)12-10(2)21-22(11(12)3)8-16(17,18)19/h9H,6-8H2,1-5H3,(H,20,23)(H,24,25). The lowest BCUT2D eigenvalue weighted by atomic mass is 9.89. The van der Waals surface area contributed by atoms with Crippen LogP contribution in [0, 0.1) is 19.3 Å². The third-order valence-electron chi connectivity index (χ3n) is 4.22. The van der Waals surface area contributed by atoms with Crippen LogP contribution in [0.4, 0.5) is 13.2 Å². The third kappa shape index (κ3) is 5.47. The van der Waals surface area contributed by atoms with Crippen LogP contribution in [0.15, 0.2) is 0 Å². The molecule has 0 radical (unpaired) electrons. The van der Waals surface area contributed by atoms with Gasteiger partial charge in [0.05, 0.1) is 17.0 Å². The van der Waals surface area contributed by atoms with E-state index in [1.54, 1.807) is 27.7 Å². The zero-order valence-corrected chi connectivity index (χ0v) is 15.0. The number of hydrogen-bond donors (Lipinski definition) is 2. The third-order valence-corrected chi connectivity index (χ3v) is 4.22. The SMILES string of the molecule is Cc1nn(CC(F)(F)F)c(C)c1C(C)C(=O)NCCC(C)(C)C(=O)O. The number of nitrogens with zero attached hydrogens (tertiary/aromatic N) is 2. The van der Waals surface area contributed by atoms with Crippen LogP contribution in [-0.4, -0.2) is 39.5 Å². The molecule has 0 aliphatic rings. The molecule has 0 bridgehead atoms. The number of carboxylic acids is 1. The fourth-order valence-electron chi connectivity index (χ4n) is 2.55. The Morgan fingerprint density at radius 3 is 2.32 bits per heavy atom. The van der Waals surface area contributed by atoms with Gasteiger partial charge in [-0.05, 0) is 41.0 Å². The molecule has 2 N–H and O–H groups in total. The summed E-state index contributed by atoms with van der Waals surface area (Å²) in [7, 11) is 0. The van der Waals surface area contributed by atoms with Gasteiger partial charge in [0.25, 0.3) is 0 Å². The Labute approximate surface area is 144 Å². The lowest BCUT2D eigenvalue weighted by molar-refractivity contribution is -0.147. The zero-order chi connectivity index (χ0) is 19.6. The van der Waals surface area contributed by atoms with E-state index in [9.17, 15) is 22.8 Å². The molecular formula is C16H24F3N3O3. The first-order valence-electron chi connectivity index (χ1n) is 7.88. The van der Waals surface area contributed by atoms with E-state index in [0.29, 0.717) is 17.0 Å². The molecule has 142 valence electrons. The van der Waals surface area contributed by atoms with Gasteiger partial charge in [-0.3, -0.25) is 14.3 Å². The minimum absolute atomic E-state index is 0.164. The molecule has 0 aromatic carbocycles. The highest BCUT2D eigenvalue weighted by Gasteiger charge is 2.32. The van der Waals surface area contributed by atoms with Crippen molar-refractivity contribution in [1.82, 2.24) is 15.1 Å². The summed E-state index contributed by atoms with van der Waals surface area (Å²) in [5, 5.41) is 15.6. The molecule has 0 spiro atoms. The Kier molecular flexibility index (Phi) is 6.25. The first-order valence-corrected chi connectivity index (χ1v) is 7.88. The molecule has 1 aromatic rings. The van der Waals surface area contributed by atoms with Gasteiger partial charge < -0.3 is 10.4 Å². The number of halogens is 3. The predicted molar refractivity (Wildman–Crippen MR) is 85.2 cm³/mol. The van der Waals surface area contributed by atoms with E-state index in [1.807, 2.05) is 0 Å². The summed E-state index contributed by atoms with van der Waals surface area (Å²) >= 11 is 0. The molecule has 6 nitrogen and oxygen atoms in total. The number of aryl methyl sites for hydroxylation is 1. The van der Waals surface area contributed by atoms with Gasteiger partial charge in [0.1, 0.15) is 6.54 Å². The normalized spacial score (nSPS) is 13.6. The van der Waals surface area contributed by atoms with E-state index >= 15 is 0 Å². The molecule has 9 heteroatoms. The van der Waals surface area contributed by atoms with Crippen molar-refractivity contribution in [3.63, 3.8) is 0 Å². The number of aromatic nitrogens is 2. The molecule has 1 unspecified atom stereocenters. The summed E-state index contributed by atoms with van der Waals surface area (Å²) < 4.78 is 38.6. The second-order valence-electron chi connectivity index (χ2n) is 6.81. The molecule has 1 aromatic heterocycles. The Bertz CT molecular complexity index is 651. The van der Waals surface area contributed by atoms with E-state index < -0.39 is 30.0 Å². The number of amides is 1. The number of carbonyl (C=O) groups is 2. The van der Waals surface area contributed by atoms with Crippen molar-refractivity contribution in [3.8, 4) is 0 Å². The van der Waals surface area contributed by atoms with Crippen molar-refractivity contribution in [2.24, 2.45) is 5.41 Å². The number of carboxylic acid groups (broad SMARTS) is 1. The zero-order valence-electron chi connectivity index (χ0n) is 15.0. The van der Waals surface area contributed by atoms with E-state index in [1.165, 1.54) is 6.92 Å². The highest BCUT2D eigenvalue weighted by Crippen LogP contribution is 2.26. The largest absolute Gasteiger partial charge is 0.481 e. The van der Waals surface area contributed by atoms with E-state index in [2.05, 4.69) is 10.4 Å². The number of hydrogen-bond acceptors (Lipinski definition) is 3. The number of rotatable bonds is 7. The van der Waals surface area contributed by atoms with Crippen molar-refractivity contribution in [2.75, 3.05) is 6.54 Å². The van der Waals surface area contributed by atoms with Crippen molar-refractivity contribution in [2.45, 2.75) is 59.7 Å². The molecule has 1 amide bonds. The minimum Gasteiger partial charge on any atom is -0.481 e. The maximum Gasteiger partial charge on any atom is 0.408 e. The number of aliphatic carboxylic acids is 1. The Morgan fingerprint density at radius 1 is 1.28 bits per heavy atom. The Balaban J connectivity index is 2.81. The van der Waals surface area contributed by atoms with Crippen LogP contribution in [-0.2, 0) is 16.1 Å². The van der Waals surface area contributed by atoms with Crippen molar-refractivity contribution in [1.29, 1.82) is 0 Å². The number of alkyl halides is 3. The molecule has 1 atom stereocenters. The van der Waals surface area contributed by atoms with Crippen LogP contribution in [0.1, 0.15) is 50.1 Å². The molecular weight excluding hydrogens is 339 g/mol. The quantitative estimate of drug-likeness (QED) is 0.780. The maximum atomic E-state index is 12.6. The molecule has 0 aliphatic carbocycles. The minimum atomic E-state index is -4.39. The Hall–Kier alpha value is -2.06. The van der Waals surface area contributed by atoms with Crippen molar-refractivity contribution < 1.29 is 27.9 Å². The van der Waals surface area contributed by atoms with E-state index in [4.69, 9.17) is 5.11 Å². The summed E-state index contributed by atoms with van der Waals surface area (Å²) in [5.41, 5.74) is 0.151. The lowest BCUT2D eigenvalue weighted by Crippen LogP contribution is -2.34. The highest BCUT2D eigenvalue weighted by atomic mass is 19.4. The molecule has 0 fully saturated rings. The van der Waals surface area contributed by atoms with Crippen LogP contribution >= 0.6 is 0 Å². The molecule has 0 saturated carbocycles. The van der Waals surface area contributed by atoms with Gasteiger partial charge in [0.2, 0.25) is 5.91 Å². The summed E-state index contributed by atoms with van der Waals surface area (Å²) in [6.07, 6.45) is -4.15. The Morgan fingerprint density at radius 2 is 1.84 bits per heavy atom. The smallest absolute Gasteiger partial charge is 0.408 e. The fraction of sp³-hybridized carbons (Fsp3) is 0.688. The van der Waals surface area contributed by atoms with Crippen LogP contribution in [0.5, 0.6) is 0 Å². The molecule has 25 heavy (non-hydrogen) atoms. The van der Waals surface area contributed by atoms with Gasteiger partial charge in [-0.1, -0.05) is 0 Å². The van der Waals surface area contributed by atoms with Crippen molar-refractivity contribution >= 4 is 11.9 Å². The number of carbonyl (C=O) groups excluding carboxylic acids is 1. The summed E-state index contributed by atoms with van der Waals surface area (Å²) in [6, 6.07) is 0. The van der Waals surface area contributed by atoms with E-state index in [0.717, 1.165) is 4.68 Å². The van der Waals surface area contributed by atoms with Gasteiger partial charge >= 0.3 is 12.1 Å². The topological polar surface area (TPSA) is 84.2 Å².